The molecule has 5 rings (SSSR count). The van der Waals surface area contributed by atoms with E-state index in [4.69, 9.17) is 0 Å². The van der Waals surface area contributed by atoms with Crippen LogP contribution in [0.4, 0.5) is 5.69 Å². The van der Waals surface area contributed by atoms with Crippen LogP contribution < -0.4 is 4.90 Å². The average molecular weight is 488 g/mol. The Balaban J connectivity index is 1.62. The summed E-state index contributed by atoms with van der Waals surface area (Å²) < 4.78 is 30.9. The maximum absolute atomic E-state index is 13.9. The first-order chi connectivity index (χ1) is 16.9. The summed E-state index contributed by atoms with van der Waals surface area (Å²) in [6.07, 6.45) is 6.94. The van der Waals surface area contributed by atoms with Gasteiger partial charge in [0.25, 0.3) is 10.0 Å². The standard InChI is InChI=1S/C25H25N7O2S/c1-30-16-25(29-18-30)35(33,34)32-13-21-9-20(11-26)7-8-24(21)31(14-22-12-27-17-28-22)15-23(32)10-19-5-3-2-4-6-19/h2-9,12,16-18,23H,10,13-15H2,1H3,(H,27,28)/t23-/m1/s1. The molecule has 0 saturated heterocycles. The van der Waals surface area contributed by atoms with Crippen LogP contribution >= 0.6 is 0 Å². The van der Waals surface area contributed by atoms with Crippen molar-refractivity contribution in [3.63, 3.8) is 0 Å². The number of rotatable bonds is 6. The molecule has 35 heavy (non-hydrogen) atoms. The number of aromatic nitrogens is 4. The van der Waals surface area contributed by atoms with Gasteiger partial charge in [-0.15, -0.1) is 0 Å². The summed E-state index contributed by atoms with van der Waals surface area (Å²) in [7, 11) is -2.16. The van der Waals surface area contributed by atoms with Crippen LogP contribution in [0.1, 0.15) is 22.4 Å². The fourth-order valence-corrected chi connectivity index (χ4v) is 6.10. The molecule has 0 fully saturated rings. The largest absolute Gasteiger partial charge is 0.364 e. The van der Waals surface area contributed by atoms with Crippen LogP contribution in [0.2, 0.25) is 0 Å². The first kappa shape index (κ1) is 22.8. The van der Waals surface area contributed by atoms with Gasteiger partial charge in [-0.05, 0) is 35.7 Å². The zero-order chi connectivity index (χ0) is 24.4. The topological polar surface area (TPSA) is 111 Å². The van der Waals surface area contributed by atoms with Gasteiger partial charge in [-0.3, -0.25) is 0 Å². The van der Waals surface area contributed by atoms with Crippen LogP contribution in [0.15, 0.2) is 78.6 Å². The summed E-state index contributed by atoms with van der Waals surface area (Å²) in [5.74, 6) is 0. The van der Waals surface area contributed by atoms with Gasteiger partial charge in [-0.1, -0.05) is 30.3 Å². The van der Waals surface area contributed by atoms with Crippen molar-refractivity contribution in [1.82, 2.24) is 23.8 Å². The number of aryl methyl sites for hydroxylation is 1. The van der Waals surface area contributed by atoms with Crippen molar-refractivity contribution in [1.29, 1.82) is 5.26 Å². The lowest BCUT2D eigenvalue weighted by molar-refractivity contribution is 0.317. The fourth-order valence-electron chi connectivity index (χ4n) is 4.53. The summed E-state index contributed by atoms with van der Waals surface area (Å²) in [6, 6.07) is 17.1. The lowest BCUT2D eigenvalue weighted by Gasteiger charge is -2.31. The van der Waals surface area contributed by atoms with Crippen molar-refractivity contribution >= 4 is 15.7 Å². The first-order valence-corrected chi connectivity index (χ1v) is 12.7. The highest BCUT2D eigenvalue weighted by atomic mass is 32.2. The van der Waals surface area contributed by atoms with E-state index < -0.39 is 10.0 Å². The van der Waals surface area contributed by atoms with E-state index in [2.05, 4.69) is 25.9 Å². The Labute approximate surface area is 204 Å². The molecule has 0 spiro atoms. The molecule has 0 aliphatic carbocycles. The predicted octanol–water partition coefficient (Wildman–Crippen LogP) is 2.84. The summed E-state index contributed by atoms with van der Waals surface area (Å²) in [6.45, 7) is 1.13. The van der Waals surface area contributed by atoms with Crippen LogP contribution in [0.25, 0.3) is 0 Å². The Morgan fingerprint density at radius 2 is 2.03 bits per heavy atom. The van der Waals surface area contributed by atoms with Crippen molar-refractivity contribution in [2.75, 3.05) is 11.4 Å². The number of hydrogen-bond donors (Lipinski definition) is 1. The molecular formula is C25H25N7O2S. The number of imidazole rings is 2. The minimum Gasteiger partial charge on any atom is -0.364 e. The highest BCUT2D eigenvalue weighted by Crippen LogP contribution is 2.33. The molecule has 1 N–H and O–H groups in total. The zero-order valence-corrected chi connectivity index (χ0v) is 20.1. The van der Waals surface area contributed by atoms with E-state index in [-0.39, 0.29) is 17.6 Å². The first-order valence-electron chi connectivity index (χ1n) is 11.2. The zero-order valence-electron chi connectivity index (χ0n) is 19.2. The number of hydrogen-bond acceptors (Lipinski definition) is 6. The minimum absolute atomic E-state index is 0.0121. The summed E-state index contributed by atoms with van der Waals surface area (Å²) in [5.41, 5.74) is 4.12. The number of aromatic amines is 1. The molecule has 9 nitrogen and oxygen atoms in total. The second-order valence-electron chi connectivity index (χ2n) is 8.68. The van der Waals surface area contributed by atoms with Crippen LogP contribution in [0, 0.1) is 11.3 Å². The van der Waals surface area contributed by atoms with Gasteiger partial charge in [-0.25, -0.2) is 18.4 Å². The second-order valence-corrected chi connectivity index (χ2v) is 10.5. The van der Waals surface area contributed by atoms with Crippen molar-refractivity contribution in [2.24, 2.45) is 7.05 Å². The van der Waals surface area contributed by atoms with E-state index in [0.717, 1.165) is 22.5 Å². The van der Waals surface area contributed by atoms with Crippen molar-refractivity contribution in [3.05, 3.63) is 96.0 Å². The van der Waals surface area contributed by atoms with Gasteiger partial charge in [0.05, 0.1) is 36.5 Å². The molecule has 4 aromatic rings. The van der Waals surface area contributed by atoms with Gasteiger partial charge in [0.15, 0.2) is 5.03 Å². The normalized spacial score (nSPS) is 16.5. The third-order valence-corrected chi connectivity index (χ3v) is 7.98. The van der Waals surface area contributed by atoms with Gasteiger partial charge in [0, 0.05) is 44.3 Å². The highest BCUT2D eigenvalue weighted by molar-refractivity contribution is 7.89. The number of nitriles is 1. The quantitative estimate of drug-likeness (QED) is 0.448. The molecule has 10 heteroatoms. The molecule has 2 aromatic carbocycles. The van der Waals surface area contributed by atoms with Crippen LogP contribution in [0.3, 0.4) is 0 Å². The third kappa shape index (κ3) is 4.69. The Morgan fingerprint density at radius 3 is 2.71 bits per heavy atom. The lowest BCUT2D eigenvalue weighted by atomic mass is 10.1. The Hall–Kier alpha value is -3.94. The molecule has 1 aliphatic heterocycles. The number of sulfonamides is 1. The molecule has 0 amide bonds. The van der Waals surface area contributed by atoms with Gasteiger partial charge >= 0.3 is 0 Å². The third-order valence-electron chi connectivity index (χ3n) is 6.20. The second kappa shape index (κ2) is 9.37. The molecule has 0 saturated carbocycles. The number of H-pyrrole nitrogens is 1. The number of benzene rings is 2. The van der Waals surface area contributed by atoms with Crippen LogP contribution in [-0.2, 0) is 36.6 Å². The number of fused-ring (bicyclic) bond motifs is 1. The van der Waals surface area contributed by atoms with Crippen molar-refractivity contribution in [3.8, 4) is 6.07 Å². The van der Waals surface area contributed by atoms with Crippen molar-refractivity contribution in [2.45, 2.75) is 30.6 Å². The van der Waals surface area contributed by atoms with E-state index in [1.165, 1.54) is 16.8 Å². The molecule has 1 aliphatic rings. The van der Waals surface area contributed by atoms with Gasteiger partial charge < -0.3 is 14.5 Å². The van der Waals surface area contributed by atoms with E-state index in [1.54, 1.807) is 36.3 Å². The highest BCUT2D eigenvalue weighted by Gasteiger charge is 2.37. The average Bonchev–Trinajstić information content (AvgIpc) is 3.51. The van der Waals surface area contributed by atoms with Gasteiger partial charge in [0.2, 0.25) is 0 Å². The van der Waals surface area contributed by atoms with Crippen LogP contribution in [-0.4, -0.2) is 44.8 Å². The predicted molar refractivity (Wildman–Crippen MR) is 131 cm³/mol. The Kier molecular flexibility index (Phi) is 6.11. The van der Waals surface area contributed by atoms with Crippen molar-refractivity contribution < 1.29 is 8.42 Å². The summed E-state index contributed by atoms with van der Waals surface area (Å²) in [4.78, 5) is 13.6. The van der Waals surface area contributed by atoms with E-state index in [1.807, 2.05) is 36.4 Å². The fraction of sp³-hybridized carbons (Fsp3) is 0.240. The molecule has 0 radical (unpaired) electrons. The number of nitrogens with zero attached hydrogens (tertiary/aromatic N) is 6. The maximum atomic E-state index is 13.9. The summed E-state index contributed by atoms with van der Waals surface area (Å²) >= 11 is 0. The molecule has 1 atom stereocenters. The lowest BCUT2D eigenvalue weighted by Crippen LogP contribution is -2.45. The molecule has 0 bridgehead atoms. The maximum Gasteiger partial charge on any atom is 0.262 e. The molecule has 3 heterocycles. The van der Waals surface area contributed by atoms with Crippen LogP contribution in [0.5, 0.6) is 0 Å². The minimum atomic E-state index is -3.91. The number of nitrogens with one attached hydrogen (secondary N) is 1. The molecule has 2 aromatic heterocycles. The van der Waals surface area contributed by atoms with Gasteiger partial charge in [0.1, 0.15) is 0 Å². The molecule has 178 valence electrons. The Morgan fingerprint density at radius 1 is 1.20 bits per heavy atom. The van der Waals surface area contributed by atoms with E-state index in [9.17, 15) is 13.7 Å². The smallest absolute Gasteiger partial charge is 0.262 e. The monoisotopic (exact) mass is 487 g/mol. The van der Waals surface area contributed by atoms with Gasteiger partial charge in [-0.2, -0.15) is 9.57 Å². The van der Waals surface area contributed by atoms with E-state index >= 15 is 0 Å². The van der Waals surface area contributed by atoms with E-state index in [0.29, 0.717) is 25.1 Å². The summed E-state index contributed by atoms with van der Waals surface area (Å²) in [5, 5.41) is 9.53. The number of anilines is 1. The SMILES string of the molecule is Cn1cnc(S(=O)(=O)N2Cc3cc(C#N)ccc3N(Cc3cnc[nH]3)C[C@H]2Cc2ccccc2)c1. The Bertz CT molecular complexity index is 1460. The molecule has 0 unspecified atom stereocenters. The molecular weight excluding hydrogens is 462 g/mol.